The van der Waals surface area contributed by atoms with Crippen LogP contribution in [0.15, 0.2) is 46.3 Å². The van der Waals surface area contributed by atoms with Crippen LogP contribution in [0, 0.1) is 0 Å². The van der Waals surface area contributed by atoms with Crippen LogP contribution in [0.25, 0.3) is 0 Å². The molecule has 2 aromatic rings. The molecule has 0 fully saturated rings. The Bertz CT molecular complexity index is 726. The lowest BCUT2D eigenvalue weighted by molar-refractivity contribution is 0.585. The number of pyridine rings is 1. The fraction of sp³-hybridized carbons (Fsp3) is 0.474. The van der Waals surface area contributed by atoms with Crippen LogP contribution < -0.4 is 16.2 Å². The van der Waals surface area contributed by atoms with E-state index in [-0.39, 0.29) is 29.5 Å². The van der Waals surface area contributed by atoms with Crippen LogP contribution >= 0.6 is 35.3 Å². The summed E-state index contributed by atoms with van der Waals surface area (Å²) in [6, 6.07) is 9.61. The summed E-state index contributed by atoms with van der Waals surface area (Å²) >= 11 is 1.83. The normalized spacial score (nSPS) is 11.1. The first-order chi connectivity index (χ1) is 12.2. The number of hydrogen-bond donors (Lipinski definition) is 2. The predicted molar refractivity (Wildman–Crippen MR) is 122 cm³/mol. The van der Waals surface area contributed by atoms with Gasteiger partial charge in [0.2, 0.25) is 5.56 Å². The molecule has 0 amide bonds. The van der Waals surface area contributed by atoms with Gasteiger partial charge in [-0.3, -0.25) is 4.79 Å². The van der Waals surface area contributed by atoms with E-state index in [1.165, 1.54) is 9.75 Å². The first-order valence-electron chi connectivity index (χ1n) is 8.98. The van der Waals surface area contributed by atoms with Gasteiger partial charge in [0.05, 0.1) is 6.54 Å². The predicted octanol–water partition coefficient (Wildman–Crippen LogP) is 3.63. The zero-order valence-corrected chi connectivity index (χ0v) is 18.7. The van der Waals surface area contributed by atoms with E-state index in [9.17, 15) is 4.79 Å². The highest BCUT2D eigenvalue weighted by atomic mass is 127. The monoisotopic (exact) mass is 488 g/mol. The molecule has 144 valence electrons. The molecule has 0 atom stereocenters. The summed E-state index contributed by atoms with van der Waals surface area (Å²) < 4.78 is 1.75. The average molecular weight is 488 g/mol. The lowest BCUT2D eigenvalue weighted by Crippen LogP contribution is -2.37. The number of nitrogens with one attached hydrogen (secondary N) is 2. The molecule has 0 saturated heterocycles. The quantitative estimate of drug-likeness (QED) is 0.245. The minimum atomic E-state index is 0. The number of aliphatic imine (C=N–C) groups is 1. The largest absolute Gasteiger partial charge is 0.357 e. The molecule has 2 N–H and O–H groups in total. The Hall–Kier alpha value is -1.35. The third-order valence-corrected chi connectivity index (χ3v) is 5.03. The van der Waals surface area contributed by atoms with Gasteiger partial charge >= 0.3 is 0 Å². The SMILES string of the molecule is CCNC(=NCc1ccc(CC)s1)NCCCCn1ccccc1=O.I. The van der Waals surface area contributed by atoms with Crippen molar-refractivity contribution in [2.24, 2.45) is 4.99 Å². The van der Waals surface area contributed by atoms with Gasteiger partial charge in [-0.2, -0.15) is 0 Å². The number of nitrogens with zero attached hydrogens (tertiary/aromatic N) is 2. The highest BCUT2D eigenvalue weighted by molar-refractivity contribution is 14.0. The summed E-state index contributed by atoms with van der Waals surface area (Å²) in [4.78, 5) is 19.0. The van der Waals surface area contributed by atoms with Crippen LogP contribution in [0.4, 0.5) is 0 Å². The summed E-state index contributed by atoms with van der Waals surface area (Å²) in [5, 5.41) is 6.65. The molecule has 0 aliphatic rings. The van der Waals surface area contributed by atoms with Crippen LogP contribution in [0.2, 0.25) is 0 Å². The van der Waals surface area contributed by atoms with Gasteiger partial charge in [0.25, 0.3) is 0 Å². The molecule has 0 aliphatic heterocycles. The van der Waals surface area contributed by atoms with Crippen molar-refractivity contribution in [3.05, 3.63) is 56.6 Å². The number of rotatable bonds is 9. The molecular formula is C19H29IN4OS. The first-order valence-corrected chi connectivity index (χ1v) is 9.79. The Balaban J connectivity index is 0.00000338. The number of aryl methyl sites for hydroxylation is 2. The van der Waals surface area contributed by atoms with Crippen molar-refractivity contribution in [2.75, 3.05) is 13.1 Å². The molecule has 2 rings (SSSR count). The van der Waals surface area contributed by atoms with E-state index in [2.05, 4.69) is 41.6 Å². The van der Waals surface area contributed by atoms with Crippen molar-refractivity contribution in [2.45, 2.75) is 46.2 Å². The second-order valence-corrected chi connectivity index (χ2v) is 7.04. The van der Waals surface area contributed by atoms with E-state index in [0.29, 0.717) is 6.54 Å². The average Bonchev–Trinajstić information content (AvgIpc) is 3.09. The van der Waals surface area contributed by atoms with E-state index in [1.807, 2.05) is 23.6 Å². The maximum absolute atomic E-state index is 11.6. The lowest BCUT2D eigenvalue weighted by Gasteiger charge is -2.11. The summed E-state index contributed by atoms with van der Waals surface area (Å²) in [5.41, 5.74) is 0.0627. The highest BCUT2D eigenvalue weighted by Gasteiger charge is 2.01. The molecule has 0 aromatic carbocycles. The van der Waals surface area contributed by atoms with Gasteiger partial charge in [-0.25, -0.2) is 4.99 Å². The van der Waals surface area contributed by atoms with Crippen LogP contribution in [0.1, 0.15) is 36.4 Å². The summed E-state index contributed by atoms with van der Waals surface area (Å²) in [6.07, 6.45) is 4.87. The van der Waals surface area contributed by atoms with Gasteiger partial charge in [-0.15, -0.1) is 35.3 Å². The topological polar surface area (TPSA) is 58.4 Å². The fourth-order valence-corrected chi connectivity index (χ4v) is 3.34. The van der Waals surface area contributed by atoms with Crippen molar-refractivity contribution in [3.8, 4) is 0 Å². The van der Waals surface area contributed by atoms with E-state index in [4.69, 9.17) is 0 Å². The molecule has 0 bridgehead atoms. The van der Waals surface area contributed by atoms with Crippen molar-refractivity contribution < 1.29 is 0 Å². The molecule has 0 aliphatic carbocycles. The maximum atomic E-state index is 11.6. The Morgan fingerprint density at radius 1 is 1.12 bits per heavy atom. The van der Waals surface area contributed by atoms with Gasteiger partial charge in [0, 0.05) is 41.7 Å². The van der Waals surface area contributed by atoms with Gasteiger partial charge in [0.15, 0.2) is 5.96 Å². The summed E-state index contributed by atoms with van der Waals surface area (Å²) in [7, 11) is 0. The van der Waals surface area contributed by atoms with Gasteiger partial charge in [-0.1, -0.05) is 13.0 Å². The second-order valence-electron chi connectivity index (χ2n) is 5.78. The molecule has 0 unspecified atom stereocenters. The smallest absolute Gasteiger partial charge is 0.250 e. The zero-order chi connectivity index (χ0) is 17.9. The van der Waals surface area contributed by atoms with E-state index >= 15 is 0 Å². The number of guanidine groups is 1. The molecule has 7 heteroatoms. The molecule has 0 saturated carbocycles. The first kappa shape index (κ1) is 22.7. The number of halogens is 1. The molecule has 0 spiro atoms. The third kappa shape index (κ3) is 7.90. The minimum Gasteiger partial charge on any atom is -0.357 e. The number of thiophene rings is 1. The van der Waals surface area contributed by atoms with Gasteiger partial charge in [-0.05, 0) is 44.4 Å². The van der Waals surface area contributed by atoms with Crippen molar-refractivity contribution in [1.82, 2.24) is 15.2 Å². The fourth-order valence-electron chi connectivity index (χ4n) is 2.46. The Labute approximate surface area is 177 Å². The zero-order valence-electron chi connectivity index (χ0n) is 15.5. The molecule has 26 heavy (non-hydrogen) atoms. The van der Waals surface area contributed by atoms with Gasteiger partial charge in [0.1, 0.15) is 0 Å². The standard InChI is InChI=1S/C19H28N4OS.HI/c1-3-16-10-11-17(25-16)15-22-19(20-4-2)21-12-6-8-14-23-13-7-5-9-18(23)24;/h5,7,9-11,13H,3-4,6,8,12,14-15H2,1-2H3,(H2,20,21,22);1H. The highest BCUT2D eigenvalue weighted by Crippen LogP contribution is 2.17. The summed E-state index contributed by atoms with van der Waals surface area (Å²) in [6.45, 7) is 7.39. The van der Waals surface area contributed by atoms with Crippen LogP contribution in [-0.2, 0) is 19.5 Å². The number of aromatic nitrogens is 1. The Morgan fingerprint density at radius 3 is 2.62 bits per heavy atom. The Morgan fingerprint density at radius 2 is 1.92 bits per heavy atom. The molecule has 0 radical (unpaired) electrons. The van der Waals surface area contributed by atoms with Crippen LogP contribution in [0.5, 0.6) is 0 Å². The van der Waals surface area contributed by atoms with Crippen molar-refractivity contribution in [1.29, 1.82) is 0 Å². The number of unbranched alkanes of at least 4 members (excludes halogenated alkanes) is 1. The van der Waals surface area contributed by atoms with Crippen LogP contribution in [0.3, 0.4) is 0 Å². The maximum Gasteiger partial charge on any atom is 0.250 e. The van der Waals surface area contributed by atoms with Crippen LogP contribution in [-0.4, -0.2) is 23.6 Å². The third-order valence-electron chi connectivity index (χ3n) is 3.82. The second kappa shape index (κ2) is 12.9. The Kier molecular flexibility index (Phi) is 11.3. The van der Waals surface area contributed by atoms with Crippen molar-refractivity contribution in [3.63, 3.8) is 0 Å². The van der Waals surface area contributed by atoms with E-state index in [0.717, 1.165) is 44.9 Å². The molecule has 2 aromatic heterocycles. The van der Waals surface area contributed by atoms with E-state index < -0.39 is 0 Å². The minimum absolute atomic E-state index is 0. The summed E-state index contributed by atoms with van der Waals surface area (Å²) in [5.74, 6) is 0.853. The van der Waals surface area contributed by atoms with Gasteiger partial charge < -0.3 is 15.2 Å². The molecule has 5 nitrogen and oxygen atoms in total. The van der Waals surface area contributed by atoms with E-state index in [1.54, 1.807) is 16.7 Å². The number of hydrogen-bond acceptors (Lipinski definition) is 3. The van der Waals surface area contributed by atoms with Crippen molar-refractivity contribution >= 4 is 41.3 Å². The molecule has 2 heterocycles. The molecular weight excluding hydrogens is 459 g/mol. The lowest BCUT2D eigenvalue weighted by atomic mass is 10.3.